The molecule has 0 radical (unpaired) electrons. The van der Waals surface area contributed by atoms with E-state index in [1.807, 2.05) is 6.07 Å². The molecule has 0 aliphatic rings. The van der Waals surface area contributed by atoms with E-state index >= 15 is 0 Å². The SMILES string of the molecule is CSCCOc1ccc(CCN)cc1Br. The normalized spacial score (nSPS) is 10.3. The van der Waals surface area contributed by atoms with Gasteiger partial charge < -0.3 is 10.5 Å². The van der Waals surface area contributed by atoms with Crippen LogP contribution in [-0.4, -0.2) is 25.2 Å². The van der Waals surface area contributed by atoms with Crippen molar-refractivity contribution in [2.45, 2.75) is 6.42 Å². The smallest absolute Gasteiger partial charge is 0.133 e. The highest BCUT2D eigenvalue weighted by molar-refractivity contribution is 9.10. The summed E-state index contributed by atoms with van der Waals surface area (Å²) in [7, 11) is 0. The third-order valence-electron chi connectivity index (χ3n) is 1.97. The minimum absolute atomic E-state index is 0.680. The Morgan fingerprint density at radius 3 is 2.87 bits per heavy atom. The Hall–Kier alpha value is -0.190. The van der Waals surface area contributed by atoms with Gasteiger partial charge in [-0.25, -0.2) is 0 Å². The zero-order valence-corrected chi connectivity index (χ0v) is 11.2. The van der Waals surface area contributed by atoms with Crippen LogP contribution >= 0.6 is 27.7 Å². The van der Waals surface area contributed by atoms with E-state index in [4.69, 9.17) is 10.5 Å². The largest absolute Gasteiger partial charge is 0.492 e. The van der Waals surface area contributed by atoms with Crippen molar-refractivity contribution in [1.29, 1.82) is 0 Å². The number of hydrogen-bond acceptors (Lipinski definition) is 3. The van der Waals surface area contributed by atoms with Gasteiger partial charge in [0.1, 0.15) is 5.75 Å². The third kappa shape index (κ3) is 4.45. The van der Waals surface area contributed by atoms with E-state index in [0.29, 0.717) is 6.54 Å². The third-order valence-corrected chi connectivity index (χ3v) is 3.17. The second kappa shape index (κ2) is 7.14. The maximum absolute atomic E-state index is 5.61. The molecule has 0 aliphatic carbocycles. The number of thioether (sulfide) groups is 1. The predicted octanol–water partition coefficient (Wildman–Crippen LogP) is 2.69. The Morgan fingerprint density at radius 1 is 1.47 bits per heavy atom. The molecule has 2 N–H and O–H groups in total. The van der Waals surface area contributed by atoms with Crippen LogP contribution in [0.2, 0.25) is 0 Å². The van der Waals surface area contributed by atoms with Gasteiger partial charge in [-0.05, 0) is 52.8 Å². The molecule has 84 valence electrons. The average molecular weight is 290 g/mol. The van der Waals surface area contributed by atoms with Crippen LogP contribution in [0.5, 0.6) is 5.75 Å². The fraction of sp³-hybridized carbons (Fsp3) is 0.455. The molecular formula is C11H16BrNOS. The molecule has 0 aromatic heterocycles. The first-order chi connectivity index (χ1) is 7.27. The van der Waals surface area contributed by atoms with Crippen molar-refractivity contribution >= 4 is 27.7 Å². The van der Waals surface area contributed by atoms with Gasteiger partial charge in [0.2, 0.25) is 0 Å². The number of rotatable bonds is 6. The molecule has 0 bridgehead atoms. The minimum Gasteiger partial charge on any atom is -0.492 e. The van der Waals surface area contributed by atoms with Crippen LogP contribution in [-0.2, 0) is 6.42 Å². The molecule has 0 amide bonds. The van der Waals surface area contributed by atoms with Crippen LogP contribution in [0.1, 0.15) is 5.56 Å². The summed E-state index contributed by atoms with van der Waals surface area (Å²) >= 11 is 5.28. The topological polar surface area (TPSA) is 35.2 Å². The Balaban J connectivity index is 2.58. The second-order valence-electron chi connectivity index (χ2n) is 3.14. The average Bonchev–Trinajstić information content (AvgIpc) is 2.22. The lowest BCUT2D eigenvalue weighted by Gasteiger charge is -2.08. The fourth-order valence-corrected chi connectivity index (χ4v) is 2.01. The molecule has 0 atom stereocenters. The standard InChI is InChI=1S/C11H16BrNOS/c1-15-7-6-14-11-3-2-9(4-5-13)8-10(11)12/h2-3,8H,4-7,13H2,1H3. The van der Waals surface area contributed by atoms with Crippen molar-refractivity contribution in [2.24, 2.45) is 5.73 Å². The number of ether oxygens (including phenoxy) is 1. The molecule has 0 fully saturated rings. The van der Waals surface area contributed by atoms with Gasteiger partial charge in [0.05, 0.1) is 11.1 Å². The van der Waals surface area contributed by atoms with Gasteiger partial charge in [-0.15, -0.1) is 0 Å². The lowest BCUT2D eigenvalue weighted by atomic mass is 10.1. The first kappa shape index (κ1) is 12.9. The summed E-state index contributed by atoms with van der Waals surface area (Å²) in [5, 5.41) is 0. The second-order valence-corrected chi connectivity index (χ2v) is 4.98. The summed E-state index contributed by atoms with van der Waals surface area (Å²) in [4.78, 5) is 0. The van der Waals surface area contributed by atoms with Crippen molar-refractivity contribution in [3.05, 3.63) is 28.2 Å². The molecule has 0 saturated carbocycles. The monoisotopic (exact) mass is 289 g/mol. The Bertz CT molecular complexity index is 307. The molecule has 1 aromatic rings. The Kier molecular flexibility index (Phi) is 6.13. The first-order valence-electron chi connectivity index (χ1n) is 4.88. The van der Waals surface area contributed by atoms with Gasteiger partial charge in [-0.2, -0.15) is 11.8 Å². The highest BCUT2D eigenvalue weighted by atomic mass is 79.9. The predicted molar refractivity (Wildman–Crippen MR) is 70.8 cm³/mol. The van der Waals surface area contributed by atoms with E-state index in [1.165, 1.54) is 5.56 Å². The van der Waals surface area contributed by atoms with Gasteiger partial charge in [-0.3, -0.25) is 0 Å². The van der Waals surface area contributed by atoms with Crippen LogP contribution in [0.4, 0.5) is 0 Å². The quantitative estimate of drug-likeness (QED) is 0.818. The lowest BCUT2D eigenvalue weighted by molar-refractivity contribution is 0.342. The van der Waals surface area contributed by atoms with E-state index in [0.717, 1.165) is 29.0 Å². The zero-order valence-electron chi connectivity index (χ0n) is 8.83. The van der Waals surface area contributed by atoms with Gasteiger partial charge >= 0.3 is 0 Å². The highest BCUT2D eigenvalue weighted by Gasteiger charge is 2.01. The number of hydrogen-bond donors (Lipinski definition) is 1. The molecular weight excluding hydrogens is 274 g/mol. The van der Waals surface area contributed by atoms with Crippen molar-refractivity contribution < 1.29 is 4.74 Å². The number of benzene rings is 1. The molecule has 0 unspecified atom stereocenters. The van der Waals surface area contributed by atoms with E-state index in [2.05, 4.69) is 34.3 Å². The van der Waals surface area contributed by atoms with Gasteiger partial charge in [0.15, 0.2) is 0 Å². The summed E-state index contributed by atoms with van der Waals surface area (Å²) in [5.74, 6) is 1.92. The van der Waals surface area contributed by atoms with E-state index in [1.54, 1.807) is 11.8 Å². The molecule has 4 heteroatoms. The van der Waals surface area contributed by atoms with Crippen molar-refractivity contribution in [2.75, 3.05) is 25.2 Å². The maximum atomic E-state index is 5.61. The van der Waals surface area contributed by atoms with E-state index < -0.39 is 0 Å². The number of nitrogens with two attached hydrogens (primary N) is 1. The minimum atomic E-state index is 0.680. The molecule has 2 nitrogen and oxygen atoms in total. The summed E-state index contributed by atoms with van der Waals surface area (Å²) in [6.45, 7) is 1.43. The van der Waals surface area contributed by atoms with Crippen LogP contribution in [0.3, 0.4) is 0 Å². The van der Waals surface area contributed by atoms with Crippen LogP contribution in [0, 0.1) is 0 Å². The highest BCUT2D eigenvalue weighted by Crippen LogP contribution is 2.26. The van der Waals surface area contributed by atoms with Gasteiger partial charge in [0.25, 0.3) is 0 Å². The fourth-order valence-electron chi connectivity index (χ4n) is 1.22. The summed E-state index contributed by atoms with van der Waals surface area (Å²) < 4.78 is 6.62. The Labute approximate surface area is 104 Å². The summed E-state index contributed by atoms with van der Waals surface area (Å²) in [6, 6.07) is 6.13. The summed E-state index contributed by atoms with van der Waals surface area (Å²) in [6.07, 6.45) is 2.98. The number of halogens is 1. The zero-order chi connectivity index (χ0) is 11.1. The Morgan fingerprint density at radius 2 is 2.27 bits per heavy atom. The molecule has 15 heavy (non-hydrogen) atoms. The maximum Gasteiger partial charge on any atom is 0.133 e. The summed E-state index contributed by atoms with van der Waals surface area (Å²) in [5.41, 5.74) is 6.74. The van der Waals surface area contributed by atoms with Crippen molar-refractivity contribution in [1.82, 2.24) is 0 Å². The van der Waals surface area contributed by atoms with E-state index in [9.17, 15) is 0 Å². The van der Waals surface area contributed by atoms with Gasteiger partial charge in [0, 0.05) is 5.75 Å². The van der Waals surface area contributed by atoms with Crippen LogP contribution < -0.4 is 10.5 Å². The molecule has 1 rings (SSSR count). The van der Waals surface area contributed by atoms with E-state index in [-0.39, 0.29) is 0 Å². The molecule has 0 aliphatic heterocycles. The molecule has 0 heterocycles. The lowest BCUT2D eigenvalue weighted by Crippen LogP contribution is -2.03. The molecule has 0 saturated heterocycles. The van der Waals surface area contributed by atoms with Crippen molar-refractivity contribution in [3.8, 4) is 5.75 Å². The van der Waals surface area contributed by atoms with Crippen LogP contribution in [0.25, 0.3) is 0 Å². The van der Waals surface area contributed by atoms with Gasteiger partial charge in [-0.1, -0.05) is 6.07 Å². The molecule has 0 spiro atoms. The first-order valence-corrected chi connectivity index (χ1v) is 7.07. The molecule has 1 aromatic carbocycles. The van der Waals surface area contributed by atoms with Crippen molar-refractivity contribution in [3.63, 3.8) is 0 Å². The van der Waals surface area contributed by atoms with Crippen LogP contribution in [0.15, 0.2) is 22.7 Å².